The summed E-state index contributed by atoms with van der Waals surface area (Å²) in [5.74, 6) is 0. The number of aryl methyl sites for hydroxylation is 1. The third-order valence-electron chi connectivity index (χ3n) is 2.50. The molecule has 14 heavy (non-hydrogen) atoms. The molecule has 0 saturated carbocycles. The summed E-state index contributed by atoms with van der Waals surface area (Å²) in [7, 11) is -3.32. The highest BCUT2D eigenvalue weighted by molar-refractivity contribution is 7.87. The molecule has 0 unspecified atom stereocenters. The monoisotopic (exact) mass is 230 g/mol. The summed E-state index contributed by atoms with van der Waals surface area (Å²) < 4.78 is 27.6. The van der Waals surface area contributed by atoms with Gasteiger partial charge in [0.2, 0.25) is 0 Å². The van der Waals surface area contributed by atoms with Gasteiger partial charge in [0.05, 0.1) is 4.90 Å². The standard InChI is InChI=1S/C9H14O3SSi/c1-6-4-5-9(8(3)7(6)2)13(10,11)12-14/h4-5H,1-3,14H3. The number of hydrogen-bond acceptors (Lipinski definition) is 3. The average Bonchev–Trinajstić information content (AvgIpc) is 2.14. The van der Waals surface area contributed by atoms with Crippen molar-refractivity contribution in [2.24, 2.45) is 0 Å². The molecule has 0 N–H and O–H groups in total. The minimum Gasteiger partial charge on any atom is -0.323 e. The molecule has 0 amide bonds. The van der Waals surface area contributed by atoms with Crippen LogP contribution in [0.25, 0.3) is 0 Å². The molecule has 1 aromatic rings. The van der Waals surface area contributed by atoms with Crippen molar-refractivity contribution < 1.29 is 12.3 Å². The fraction of sp³-hybridized carbons (Fsp3) is 0.333. The summed E-state index contributed by atoms with van der Waals surface area (Å²) in [5.41, 5.74) is 2.88. The van der Waals surface area contributed by atoms with E-state index in [4.69, 9.17) is 0 Å². The van der Waals surface area contributed by atoms with Gasteiger partial charge >= 0.3 is 0 Å². The zero-order valence-electron chi connectivity index (χ0n) is 8.79. The van der Waals surface area contributed by atoms with E-state index in [2.05, 4.69) is 3.87 Å². The fourth-order valence-electron chi connectivity index (χ4n) is 1.29. The Morgan fingerprint density at radius 1 is 1.14 bits per heavy atom. The number of rotatable bonds is 2. The quantitative estimate of drug-likeness (QED) is 0.699. The molecule has 78 valence electrons. The lowest BCUT2D eigenvalue weighted by atomic mass is 10.1. The second-order valence-corrected chi connectivity index (χ2v) is 5.93. The molecule has 0 spiro atoms. The lowest BCUT2D eigenvalue weighted by Crippen LogP contribution is -2.07. The van der Waals surface area contributed by atoms with Crippen molar-refractivity contribution >= 4 is 20.6 Å². The Morgan fingerprint density at radius 2 is 1.71 bits per heavy atom. The molecule has 0 radical (unpaired) electrons. The molecule has 0 aliphatic carbocycles. The molecule has 5 heteroatoms. The lowest BCUT2D eigenvalue weighted by molar-refractivity contribution is 0.507. The van der Waals surface area contributed by atoms with Gasteiger partial charge in [0.1, 0.15) is 0 Å². The zero-order chi connectivity index (χ0) is 10.9. The van der Waals surface area contributed by atoms with Gasteiger partial charge in [-0.05, 0) is 43.5 Å². The molecule has 0 atom stereocenters. The normalized spacial score (nSPS) is 11.9. The first-order valence-corrected chi connectivity index (χ1v) is 6.50. The Hall–Kier alpha value is -0.653. The van der Waals surface area contributed by atoms with Gasteiger partial charge in [-0.2, -0.15) is 8.42 Å². The Balaban J connectivity index is 3.47. The molecular weight excluding hydrogens is 216 g/mol. The highest BCUT2D eigenvalue weighted by Crippen LogP contribution is 2.22. The third-order valence-corrected chi connectivity index (χ3v) is 5.23. The van der Waals surface area contributed by atoms with E-state index in [9.17, 15) is 8.42 Å². The van der Waals surface area contributed by atoms with Crippen molar-refractivity contribution in [3.8, 4) is 0 Å². The van der Waals surface area contributed by atoms with Crippen LogP contribution in [0.1, 0.15) is 16.7 Å². The predicted octanol–water partition coefficient (Wildman–Crippen LogP) is 0.598. The highest BCUT2D eigenvalue weighted by Gasteiger charge is 2.16. The molecule has 3 nitrogen and oxygen atoms in total. The van der Waals surface area contributed by atoms with E-state index in [0.29, 0.717) is 0 Å². The van der Waals surface area contributed by atoms with Crippen LogP contribution in [-0.2, 0) is 14.0 Å². The largest absolute Gasteiger partial charge is 0.323 e. The van der Waals surface area contributed by atoms with E-state index >= 15 is 0 Å². The van der Waals surface area contributed by atoms with Crippen LogP contribution in [-0.4, -0.2) is 18.9 Å². The first-order valence-electron chi connectivity index (χ1n) is 4.27. The van der Waals surface area contributed by atoms with Crippen LogP contribution in [0.15, 0.2) is 17.0 Å². The Bertz CT molecular complexity index is 451. The van der Waals surface area contributed by atoms with Crippen LogP contribution < -0.4 is 0 Å². The number of hydrogen-bond donors (Lipinski definition) is 0. The predicted molar refractivity (Wildman–Crippen MR) is 58.9 cm³/mol. The maximum atomic E-state index is 11.5. The second kappa shape index (κ2) is 3.84. The van der Waals surface area contributed by atoms with Crippen molar-refractivity contribution in [2.75, 3.05) is 0 Å². The van der Waals surface area contributed by atoms with Gasteiger partial charge in [0.25, 0.3) is 10.1 Å². The summed E-state index contributed by atoms with van der Waals surface area (Å²) in [5, 5.41) is 0. The van der Waals surface area contributed by atoms with E-state index in [0.717, 1.165) is 16.7 Å². The first kappa shape index (κ1) is 11.4. The first-order chi connectivity index (χ1) is 6.40. The summed E-state index contributed by atoms with van der Waals surface area (Å²) in [6, 6.07) is 3.40. The van der Waals surface area contributed by atoms with E-state index < -0.39 is 10.1 Å². The highest BCUT2D eigenvalue weighted by atomic mass is 32.2. The summed E-state index contributed by atoms with van der Waals surface area (Å²) in [6.07, 6.45) is 0. The summed E-state index contributed by atoms with van der Waals surface area (Å²) >= 11 is 0. The maximum Gasteiger partial charge on any atom is 0.286 e. The fourth-order valence-corrected chi connectivity index (χ4v) is 2.77. The van der Waals surface area contributed by atoms with Gasteiger partial charge < -0.3 is 3.87 Å². The Labute approximate surface area is 87.8 Å². The van der Waals surface area contributed by atoms with Gasteiger partial charge in [0, 0.05) is 0 Å². The average molecular weight is 230 g/mol. The van der Waals surface area contributed by atoms with Gasteiger partial charge in [0.15, 0.2) is 10.5 Å². The van der Waals surface area contributed by atoms with Crippen LogP contribution in [0, 0.1) is 20.8 Å². The second-order valence-electron chi connectivity index (χ2n) is 3.25. The SMILES string of the molecule is Cc1ccc(S(=O)(=O)O[SiH3])c(C)c1C. The van der Waals surface area contributed by atoms with Crippen LogP contribution in [0.4, 0.5) is 0 Å². The molecule has 0 bridgehead atoms. The molecule has 0 heterocycles. The Kier molecular flexibility index (Phi) is 3.13. The van der Waals surface area contributed by atoms with Crippen LogP contribution in [0.3, 0.4) is 0 Å². The Morgan fingerprint density at radius 3 is 2.21 bits per heavy atom. The van der Waals surface area contributed by atoms with E-state index in [1.165, 1.54) is 0 Å². The van der Waals surface area contributed by atoms with Crippen molar-refractivity contribution in [1.82, 2.24) is 0 Å². The maximum absolute atomic E-state index is 11.5. The van der Waals surface area contributed by atoms with Crippen molar-refractivity contribution in [3.63, 3.8) is 0 Å². The van der Waals surface area contributed by atoms with Crippen LogP contribution >= 0.6 is 0 Å². The molecule has 1 aromatic carbocycles. The summed E-state index contributed by atoms with van der Waals surface area (Å²) in [6.45, 7) is 5.67. The smallest absolute Gasteiger partial charge is 0.286 e. The van der Waals surface area contributed by atoms with Gasteiger partial charge in [-0.1, -0.05) is 6.07 Å². The summed E-state index contributed by atoms with van der Waals surface area (Å²) in [4.78, 5) is 0.288. The van der Waals surface area contributed by atoms with Gasteiger partial charge in [-0.25, -0.2) is 0 Å². The van der Waals surface area contributed by atoms with Crippen molar-refractivity contribution in [2.45, 2.75) is 25.7 Å². The van der Waals surface area contributed by atoms with E-state index in [-0.39, 0.29) is 15.4 Å². The minimum atomic E-state index is -3.51. The molecular formula is C9H14O3SSi. The third kappa shape index (κ3) is 1.89. The van der Waals surface area contributed by atoms with Crippen molar-refractivity contribution in [1.29, 1.82) is 0 Å². The van der Waals surface area contributed by atoms with Crippen molar-refractivity contribution in [3.05, 3.63) is 28.8 Å². The molecule has 0 aromatic heterocycles. The molecule has 1 rings (SSSR count). The van der Waals surface area contributed by atoms with Crippen LogP contribution in [0.5, 0.6) is 0 Å². The minimum absolute atomic E-state index is 0.188. The number of benzene rings is 1. The van der Waals surface area contributed by atoms with E-state index in [1.807, 2.05) is 13.8 Å². The molecule has 0 fully saturated rings. The van der Waals surface area contributed by atoms with Gasteiger partial charge in [-0.15, -0.1) is 0 Å². The molecule has 0 aliphatic rings. The molecule has 0 aliphatic heterocycles. The lowest BCUT2D eigenvalue weighted by Gasteiger charge is -2.10. The van der Waals surface area contributed by atoms with Crippen LogP contribution in [0.2, 0.25) is 0 Å². The zero-order valence-corrected chi connectivity index (χ0v) is 11.6. The van der Waals surface area contributed by atoms with E-state index in [1.54, 1.807) is 19.1 Å². The van der Waals surface area contributed by atoms with Gasteiger partial charge in [-0.3, -0.25) is 0 Å². The topological polar surface area (TPSA) is 43.4 Å². The molecule has 0 saturated heterocycles.